The summed E-state index contributed by atoms with van der Waals surface area (Å²) in [5, 5.41) is 3.01. The second-order valence-corrected chi connectivity index (χ2v) is 6.10. The molecule has 0 aromatic heterocycles. The van der Waals surface area contributed by atoms with Crippen molar-refractivity contribution in [1.29, 1.82) is 0 Å². The molecule has 24 heavy (non-hydrogen) atoms. The molecule has 0 bridgehead atoms. The van der Waals surface area contributed by atoms with Crippen molar-refractivity contribution in [2.75, 3.05) is 19.8 Å². The van der Waals surface area contributed by atoms with Gasteiger partial charge in [-0.15, -0.1) is 0 Å². The first-order valence-electron chi connectivity index (χ1n) is 8.68. The summed E-state index contributed by atoms with van der Waals surface area (Å²) in [7, 11) is 0. The molecule has 0 unspecified atom stereocenters. The van der Waals surface area contributed by atoms with Crippen molar-refractivity contribution in [3.63, 3.8) is 0 Å². The molecule has 0 atom stereocenters. The Morgan fingerprint density at radius 2 is 1.75 bits per heavy atom. The Labute approximate surface area is 149 Å². The van der Waals surface area contributed by atoms with Gasteiger partial charge in [-0.3, -0.25) is 0 Å². The van der Waals surface area contributed by atoms with E-state index < -0.39 is 0 Å². The average molecular weight is 349 g/mol. The number of nitrogens with two attached hydrogens (primary N) is 1. The Hall–Kier alpha value is -1.71. The van der Waals surface area contributed by atoms with Crippen LogP contribution in [0.15, 0.2) is 42.5 Å². The predicted octanol–water partition coefficient (Wildman–Crippen LogP) is 3.83. The Balaban J connectivity index is 1.94. The fourth-order valence-corrected chi connectivity index (χ4v) is 2.73. The maximum absolute atomic E-state index is 6.42. The first-order chi connectivity index (χ1) is 11.7. The zero-order valence-corrected chi connectivity index (χ0v) is 15.3. The SMILES string of the molecule is CCCOc1cc(Cl)c(C[NH2+]CCc2ccccc2)cc1OCC. The Morgan fingerprint density at radius 1 is 1.00 bits per heavy atom. The summed E-state index contributed by atoms with van der Waals surface area (Å²) in [5.41, 5.74) is 2.44. The highest BCUT2D eigenvalue weighted by Crippen LogP contribution is 2.33. The number of halogens is 1. The van der Waals surface area contributed by atoms with Crippen LogP contribution < -0.4 is 14.8 Å². The molecule has 0 spiro atoms. The minimum atomic E-state index is 0.612. The second-order valence-electron chi connectivity index (χ2n) is 5.69. The van der Waals surface area contributed by atoms with E-state index in [-0.39, 0.29) is 0 Å². The molecule has 2 N–H and O–H groups in total. The minimum absolute atomic E-state index is 0.612. The topological polar surface area (TPSA) is 35.1 Å². The van der Waals surface area contributed by atoms with Gasteiger partial charge in [0.05, 0.1) is 24.8 Å². The maximum atomic E-state index is 6.42. The quantitative estimate of drug-likeness (QED) is 0.662. The molecule has 0 aliphatic rings. The third-order valence-corrected chi connectivity index (χ3v) is 4.07. The zero-order valence-electron chi connectivity index (χ0n) is 14.6. The Kier molecular flexibility index (Phi) is 7.93. The van der Waals surface area contributed by atoms with Gasteiger partial charge in [-0.25, -0.2) is 0 Å². The number of quaternary nitrogens is 1. The number of ether oxygens (including phenoxy) is 2. The van der Waals surface area contributed by atoms with Crippen LogP contribution >= 0.6 is 11.6 Å². The monoisotopic (exact) mass is 348 g/mol. The number of hydrogen-bond acceptors (Lipinski definition) is 2. The van der Waals surface area contributed by atoms with Gasteiger partial charge in [0.2, 0.25) is 0 Å². The van der Waals surface area contributed by atoms with Crippen LogP contribution in [0.1, 0.15) is 31.4 Å². The molecule has 0 heterocycles. The van der Waals surface area contributed by atoms with Crippen molar-refractivity contribution in [3.8, 4) is 11.5 Å². The van der Waals surface area contributed by atoms with E-state index in [9.17, 15) is 0 Å². The van der Waals surface area contributed by atoms with Crippen LogP contribution in [0.3, 0.4) is 0 Å². The van der Waals surface area contributed by atoms with E-state index in [0.717, 1.165) is 48.0 Å². The van der Waals surface area contributed by atoms with E-state index in [1.165, 1.54) is 5.56 Å². The van der Waals surface area contributed by atoms with Gasteiger partial charge in [-0.05, 0) is 25.0 Å². The van der Waals surface area contributed by atoms with Crippen LogP contribution in [0.4, 0.5) is 0 Å². The second kappa shape index (κ2) is 10.2. The van der Waals surface area contributed by atoms with Crippen LogP contribution in [0.2, 0.25) is 5.02 Å². The van der Waals surface area contributed by atoms with Gasteiger partial charge < -0.3 is 14.8 Å². The molecule has 130 valence electrons. The smallest absolute Gasteiger partial charge is 0.162 e. The van der Waals surface area contributed by atoms with Gasteiger partial charge in [0.15, 0.2) is 11.5 Å². The fraction of sp³-hybridized carbons (Fsp3) is 0.400. The molecule has 2 aromatic rings. The van der Waals surface area contributed by atoms with Crippen molar-refractivity contribution in [1.82, 2.24) is 0 Å². The summed E-state index contributed by atoms with van der Waals surface area (Å²) in [4.78, 5) is 0. The predicted molar refractivity (Wildman–Crippen MR) is 99.0 cm³/mol. The van der Waals surface area contributed by atoms with E-state index in [1.807, 2.05) is 25.1 Å². The lowest BCUT2D eigenvalue weighted by Gasteiger charge is -2.14. The van der Waals surface area contributed by atoms with E-state index in [2.05, 4.69) is 36.5 Å². The van der Waals surface area contributed by atoms with Crippen LogP contribution in [0.25, 0.3) is 0 Å². The average Bonchev–Trinajstić information content (AvgIpc) is 2.60. The molecule has 2 rings (SSSR count). The van der Waals surface area contributed by atoms with E-state index in [1.54, 1.807) is 0 Å². The lowest BCUT2D eigenvalue weighted by Crippen LogP contribution is -2.83. The molecular weight excluding hydrogens is 322 g/mol. The number of rotatable bonds is 10. The molecule has 0 aliphatic heterocycles. The summed E-state index contributed by atoms with van der Waals surface area (Å²) in [6.45, 7) is 7.19. The maximum Gasteiger partial charge on any atom is 0.162 e. The van der Waals surface area contributed by atoms with Crippen molar-refractivity contribution in [3.05, 3.63) is 58.6 Å². The molecule has 4 heteroatoms. The fourth-order valence-electron chi connectivity index (χ4n) is 2.50. The third-order valence-electron chi connectivity index (χ3n) is 3.72. The summed E-state index contributed by atoms with van der Waals surface area (Å²) < 4.78 is 11.4. The molecule has 2 aromatic carbocycles. The van der Waals surface area contributed by atoms with Gasteiger partial charge >= 0.3 is 0 Å². The molecular formula is C20H27ClNO2+. The first-order valence-corrected chi connectivity index (χ1v) is 9.06. The summed E-state index contributed by atoms with van der Waals surface area (Å²) in [5.74, 6) is 1.51. The Bertz CT molecular complexity index is 617. The summed E-state index contributed by atoms with van der Waals surface area (Å²) in [6, 6.07) is 14.4. The number of benzene rings is 2. The highest BCUT2D eigenvalue weighted by molar-refractivity contribution is 6.31. The molecule has 0 saturated heterocycles. The van der Waals surface area contributed by atoms with Crippen LogP contribution in [-0.4, -0.2) is 19.8 Å². The van der Waals surface area contributed by atoms with E-state index >= 15 is 0 Å². The van der Waals surface area contributed by atoms with Crippen molar-refractivity contribution < 1.29 is 14.8 Å². The molecule has 0 fully saturated rings. The van der Waals surface area contributed by atoms with Gasteiger partial charge in [-0.2, -0.15) is 0 Å². The molecule has 0 amide bonds. The van der Waals surface area contributed by atoms with Gasteiger partial charge in [0.1, 0.15) is 6.54 Å². The third kappa shape index (κ3) is 5.73. The normalized spacial score (nSPS) is 10.6. The van der Waals surface area contributed by atoms with Gasteiger partial charge in [0.25, 0.3) is 0 Å². The zero-order chi connectivity index (χ0) is 17.2. The minimum Gasteiger partial charge on any atom is -0.490 e. The van der Waals surface area contributed by atoms with E-state index in [4.69, 9.17) is 21.1 Å². The van der Waals surface area contributed by atoms with Crippen LogP contribution in [0.5, 0.6) is 11.5 Å². The summed E-state index contributed by atoms with van der Waals surface area (Å²) >= 11 is 6.42. The Morgan fingerprint density at radius 3 is 2.46 bits per heavy atom. The molecule has 3 nitrogen and oxygen atoms in total. The van der Waals surface area contributed by atoms with Crippen molar-refractivity contribution in [2.45, 2.75) is 33.2 Å². The standard InChI is InChI=1S/C20H26ClNO2/c1-3-12-24-20-14-18(21)17(13-19(20)23-4-2)15-22-11-10-16-8-6-5-7-9-16/h5-9,13-14,22H,3-4,10-12,15H2,1-2H3/p+1. The lowest BCUT2D eigenvalue weighted by molar-refractivity contribution is -0.670. The van der Waals surface area contributed by atoms with Gasteiger partial charge in [-0.1, -0.05) is 48.9 Å². The highest BCUT2D eigenvalue weighted by Gasteiger charge is 2.12. The van der Waals surface area contributed by atoms with Crippen LogP contribution in [0, 0.1) is 0 Å². The molecule has 0 aliphatic carbocycles. The lowest BCUT2D eigenvalue weighted by atomic mass is 10.1. The van der Waals surface area contributed by atoms with Crippen LogP contribution in [-0.2, 0) is 13.0 Å². The first kappa shape index (κ1) is 18.6. The number of hydrogen-bond donors (Lipinski definition) is 1. The van der Waals surface area contributed by atoms with Gasteiger partial charge in [0, 0.05) is 18.1 Å². The largest absolute Gasteiger partial charge is 0.490 e. The summed E-state index contributed by atoms with van der Waals surface area (Å²) in [6.07, 6.45) is 2.01. The van der Waals surface area contributed by atoms with Crippen molar-refractivity contribution >= 4 is 11.6 Å². The molecule has 0 saturated carbocycles. The van der Waals surface area contributed by atoms with E-state index in [0.29, 0.717) is 13.2 Å². The highest BCUT2D eigenvalue weighted by atomic mass is 35.5. The van der Waals surface area contributed by atoms with Crippen molar-refractivity contribution in [2.24, 2.45) is 0 Å². The molecule has 0 radical (unpaired) electrons.